The van der Waals surface area contributed by atoms with Gasteiger partial charge in [0.1, 0.15) is 11.4 Å². The first kappa shape index (κ1) is 26.7. The summed E-state index contributed by atoms with van der Waals surface area (Å²) < 4.78 is 32.7. The lowest BCUT2D eigenvalue weighted by atomic mass is 10.1. The molecule has 2 amide bonds. The second-order valence-electron chi connectivity index (χ2n) is 8.95. The number of hydrogen-bond donors (Lipinski definition) is 3. The van der Waals surface area contributed by atoms with Gasteiger partial charge in [0, 0.05) is 30.7 Å². The van der Waals surface area contributed by atoms with Crippen LogP contribution in [0.3, 0.4) is 0 Å². The number of aromatic amines is 1. The van der Waals surface area contributed by atoms with E-state index in [9.17, 15) is 23.5 Å². The van der Waals surface area contributed by atoms with Crippen molar-refractivity contribution in [1.82, 2.24) is 20.2 Å². The maximum Gasteiger partial charge on any atom is 0.271 e. The van der Waals surface area contributed by atoms with E-state index < -0.39 is 23.4 Å². The Kier molecular flexibility index (Phi) is 8.32. The summed E-state index contributed by atoms with van der Waals surface area (Å²) in [6, 6.07) is 13.7. The van der Waals surface area contributed by atoms with Crippen molar-refractivity contribution in [3.05, 3.63) is 94.9 Å². The van der Waals surface area contributed by atoms with Gasteiger partial charge in [-0.2, -0.15) is 0 Å². The predicted molar refractivity (Wildman–Crippen MR) is 138 cm³/mol. The lowest BCUT2D eigenvalue weighted by molar-refractivity contribution is 0.0695. The first-order chi connectivity index (χ1) is 18.3. The third-order valence-corrected chi connectivity index (χ3v) is 5.76. The SMILES string of the molecule is CC(C)Oc1ccc2c(C(=O)NCc3ccc(F)c(F)c3)c(C(=O)N(CCO)Cc3ccccn3)[nH]c2c1. The number of fused-ring (bicyclic) bond motifs is 1. The molecule has 0 saturated carbocycles. The molecule has 2 aromatic heterocycles. The summed E-state index contributed by atoms with van der Waals surface area (Å²) in [5.41, 5.74) is 1.59. The molecule has 0 spiro atoms. The number of carbonyl (C=O) groups excluding carboxylic acids is 2. The van der Waals surface area contributed by atoms with Gasteiger partial charge in [-0.05, 0) is 55.8 Å². The van der Waals surface area contributed by atoms with Gasteiger partial charge in [0.05, 0.1) is 36.0 Å². The summed E-state index contributed by atoms with van der Waals surface area (Å²) in [7, 11) is 0. The molecule has 0 bridgehead atoms. The van der Waals surface area contributed by atoms with Crippen LogP contribution in [-0.2, 0) is 13.1 Å². The third-order valence-electron chi connectivity index (χ3n) is 5.76. The molecule has 4 rings (SSSR count). The number of halogens is 2. The number of pyridine rings is 1. The van der Waals surface area contributed by atoms with Gasteiger partial charge in [-0.3, -0.25) is 14.6 Å². The lowest BCUT2D eigenvalue weighted by Crippen LogP contribution is -2.35. The van der Waals surface area contributed by atoms with Crippen LogP contribution in [-0.4, -0.2) is 51.0 Å². The largest absolute Gasteiger partial charge is 0.491 e. The van der Waals surface area contributed by atoms with Crippen molar-refractivity contribution in [3.63, 3.8) is 0 Å². The number of carbonyl (C=O) groups is 2. The van der Waals surface area contributed by atoms with Crippen LogP contribution in [0.2, 0.25) is 0 Å². The Hall–Kier alpha value is -4.31. The Morgan fingerprint density at radius 2 is 1.92 bits per heavy atom. The topological polar surface area (TPSA) is 108 Å². The van der Waals surface area contributed by atoms with E-state index in [1.165, 1.54) is 11.0 Å². The first-order valence-corrected chi connectivity index (χ1v) is 12.1. The number of nitrogens with zero attached hydrogens (tertiary/aromatic N) is 2. The van der Waals surface area contributed by atoms with E-state index >= 15 is 0 Å². The van der Waals surface area contributed by atoms with E-state index in [2.05, 4.69) is 15.3 Å². The number of aliphatic hydroxyl groups excluding tert-OH is 1. The van der Waals surface area contributed by atoms with E-state index in [-0.39, 0.29) is 43.6 Å². The molecule has 38 heavy (non-hydrogen) atoms. The van der Waals surface area contributed by atoms with Crippen LogP contribution < -0.4 is 10.1 Å². The predicted octanol–water partition coefficient (Wildman–Crippen LogP) is 4.19. The number of aromatic nitrogens is 2. The average molecular weight is 523 g/mol. The van der Waals surface area contributed by atoms with Gasteiger partial charge in [-0.25, -0.2) is 8.78 Å². The Morgan fingerprint density at radius 1 is 1.11 bits per heavy atom. The first-order valence-electron chi connectivity index (χ1n) is 12.1. The van der Waals surface area contributed by atoms with Gasteiger partial charge in [0.15, 0.2) is 11.6 Å². The average Bonchev–Trinajstić information content (AvgIpc) is 3.27. The fourth-order valence-corrected chi connectivity index (χ4v) is 4.06. The van der Waals surface area contributed by atoms with Crippen molar-refractivity contribution in [2.24, 2.45) is 0 Å². The molecule has 2 heterocycles. The summed E-state index contributed by atoms with van der Waals surface area (Å²) in [6.45, 7) is 3.53. The number of amides is 2. The fourth-order valence-electron chi connectivity index (χ4n) is 4.06. The molecule has 0 saturated heterocycles. The molecule has 10 heteroatoms. The van der Waals surface area contributed by atoms with Gasteiger partial charge in [-0.1, -0.05) is 12.1 Å². The van der Waals surface area contributed by atoms with E-state index in [0.717, 1.165) is 12.1 Å². The van der Waals surface area contributed by atoms with Crippen molar-refractivity contribution < 1.29 is 28.2 Å². The monoisotopic (exact) mass is 522 g/mol. The number of benzene rings is 2. The molecule has 2 aromatic carbocycles. The van der Waals surface area contributed by atoms with Crippen LogP contribution in [0.1, 0.15) is 46.0 Å². The minimum atomic E-state index is -1.02. The van der Waals surface area contributed by atoms with Crippen molar-refractivity contribution in [2.75, 3.05) is 13.2 Å². The number of H-pyrrole nitrogens is 1. The van der Waals surface area contributed by atoms with E-state index in [1.807, 2.05) is 13.8 Å². The number of hydrogen-bond acceptors (Lipinski definition) is 5. The summed E-state index contributed by atoms with van der Waals surface area (Å²) >= 11 is 0. The minimum Gasteiger partial charge on any atom is -0.491 e. The second-order valence-corrected chi connectivity index (χ2v) is 8.95. The van der Waals surface area contributed by atoms with Gasteiger partial charge in [-0.15, -0.1) is 0 Å². The molecular weight excluding hydrogens is 494 g/mol. The molecule has 0 unspecified atom stereocenters. The summed E-state index contributed by atoms with van der Waals surface area (Å²) in [5, 5.41) is 12.8. The Morgan fingerprint density at radius 3 is 2.61 bits per heavy atom. The zero-order chi connectivity index (χ0) is 27.2. The van der Waals surface area contributed by atoms with Crippen LogP contribution in [0.15, 0.2) is 60.8 Å². The smallest absolute Gasteiger partial charge is 0.271 e. The summed E-state index contributed by atoms with van der Waals surface area (Å²) in [6.07, 6.45) is 1.52. The molecule has 4 aromatic rings. The molecule has 8 nitrogen and oxygen atoms in total. The number of rotatable bonds is 10. The van der Waals surface area contributed by atoms with E-state index in [1.54, 1.807) is 42.6 Å². The van der Waals surface area contributed by atoms with Gasteiger partial charge in [0.25, 0.3) is 11.8 Å². The van der Waals surface area contributed by atoms with Crippen LogP contribution >= 0.6 is 0 Å². The quantitative estimate of drug-likeness (QED) is 0.290. The highest BCUT2D eigenvalue weighted by atomic mass is 19.2. The standard InChI is InChI=1S/C28H28F2N4O4/c1-17(2)38-20-7-8-21-24(14-20)33-26(28(37)34(11-12-35)16-19-5-3-4-10-31-19)25(21)27(36)32-15-18-6-9-22(29)23(30)13-18/h3-10,13-14,17,33,35H,11-12,15-16H2,1-2H3,(H,32,36). The number of ether oxygens (including phenoxy) is 1. The van der Waals surface area contributed by atoms with Crippen LogP contribution in [0.4, 0.5) is 8.78 Å². The van der Waals surface area contributed by atoms with Crippen molar-refractivity contribution in [1.29, 1.82) is 0 Å². The lowest BCUT2D eigenvalue weighted by Gasteiger charge is -2.21. The second kappa shape index (κ2) is 11.8. The van der Waals surface area contributed by atoms with Gasteiger partial charge in [0.2, 0.25) is 0 Å². The Bertz CT molecular complexity index is 1440. The number of nitrogens with one attached hydrogen (secondary N) is 2. The van der Waals surface area contributed by atoms with Crippen LogP contribution in [0.5, 0.6) is 5.75 Å². The van der Waals surface area contributed by atoms with Crippen molar-refractivity contribution in [2.45, 2.75) is 33.0 Å². The normalized spacial score (nSPS) is 11.1. The maximum absolute atomic E-state index is 13.7. The molecule has 0 aliphatic rings. The van der Waals surface area contributed by atoms with E-state index in [4.69, 9.17) is 4.74 Å². The zero-order valence-electron chi connectivity index (χ0n) is 21.0. The van der Waals surface area contributed by atoms with Gasteiger partial charge < -0.3 is 25.0 Å². The highest BCUT2D eigenvalue weighted by Gasteiger charge is 2.27. The molecule has 3 N–H and O–H groups in total. The van der Waals surface area contributed by atoms with Crippen molar-refractivity contribution in [3.8, 4) is 5.75 Å². The fraction of sp³-hybridized carbons (Fsp3) is 0.250. The van der Waals surface area contributed by atoms with Crippen molar-refractivity contribution >= 4 is 22.7 Å². The van der Waals surface area contributed by atoms with Crippen LogP contribution in [0, 0.1) is 11.6 Å². The zero-order valence-corrected chi connectivity index (χ0v) is 21.0. The summed E-state index contributed by atoms with van der Waals surface area (Å²) in [5.74, 6) is -2.54. The van der Waals surface area contributed by atoms with Crippen LogP contribution in [0.25, 0.3) is 10.9 Å². The molecular formula is C28H28F2N4O4. The maximum atomic E-state index is 13.7. The molecule has 0 atom stereocenters. The molecule has 198 valence electrons. The molecule has 0 fully saturated rings. The Labute approximate surface area is 218 Å². The summed E-state index contributed by atoms with van der Waals surface area (Å²) in [4.78, 5) is 35.8. The van der Waals surface area contributed by atoms with Gasteiger partial charge >= 0.3 is 0 Å². The number of aliphatic hydroxyl groups is 1. The third kappa shape index (κ3) is 6.15. The molecule has 0 aliphatic carbocycles. The molecule has 0 radical (unpaired) electrons. The van der Waals surface area contributed by atoms with E-state index in [0.29, 0.717) is 27.9 Å². The highest BCUT2D eigenvalue weighted by molar-refractivity contribution is 6.15. The molecule has 0 aliphatic heterocycles. The Balaban J connectivity index is 1.71. The highest BCUT2D eigenvalue weighted by Crippen LogP contribution is 2.28. The minimum absolute atomic E-state index is 0.0163.